The van der Waals surface area contributed by atoms with Gasteiger partial charge in [-0.1, -0.05) is 99.0 Å². The molecule has 0 saturated heterocycles. The number of hydrogen-bond acceptors (Lipinski definition) is 2. The van der Waals surface area contributed by atoms with E-state index in [9.17, 15) is 0 Å². The zero-order valence-corrected chi connectivity index (χ0v) is 33.9. The molecule has 0 spiro atoms. The number of fused-ring (bicyclic) bond motifs is 8. The molecule has 5 unspecified atom stereocenters. The van der Waals surface area contributed by atoms with Crippen molar-refractivity contribution in [2.24, 2.45) is 0 Å². The first-order chi connectivity index (χ1) is 21.1. The number of ether oxygens (including phenoxy) is 1. The van der Waals surface area contributed by atoms with E-state index in [2.05, 4.69) is 144 Å². The predicted molar refractivity (Wildman–Crippen MR) is 187 cm³/mol. The zero-order chi connectivity index (χ0) is 30.8. The minimum Gasteiger partial charge on any atom is -1.00 e. The summed E-state index contributed by atoms with van der Waals surface area (Å²) in [7, 11) is -0.187. The minimum absolute atomic E-state index is 0. The van der Waals surface area contributed by atoms with Gasteiger partial charge in [0.1, 0.15) is 8.07 Å². The van der Waals surface area contributed by atoms with Crippen molar-refractivity contribution in [3.05, 3.63) is 124 Å². The van der Waals surface area contributed by atoms with Gasteiger partial charge in [0.25, 0.3) is 0 Å². The van der Waals surface area contributed by atoms with E-state index >= 15 is 0 Å². The monoisotopic (exact) mass is 758 g/mol. The smallest absolute Gasteiger partial charge is 1.00 e. The standard InChI is InChI=1S/C41H48NOSi.2ClH.Zr/c1-8-9-10-23-36(43-41(3,4)5)44(7,39-31-20-14-11-17-28(31)29-18-12-15-21-32(29)39)40-33-22-16-13-19-30(33)38-37(40)34-26-27(2)24-25-35(34)42(38)6;;;/h11-21,24-26,36-40H,8-10,23H2,1-7H3;2*1H;/q-1;;;+3/p-2. The Kier molecular flexibility index (Phi) is 11.9. The molecule has 3 aliphatic rings. The average molecular weight is 761 g/mol. The molecule has 2 nitrogen and oxygen atoms in total. The van der Waals surface area contributed by atoms with Gasteiger partial charge in [-0.25, -0.2) is 0 Å². The molecule has 5 atom stereocenters. The van der Waals surface area contributed by atoms with Gasteiger partial charge in [-0.05, 0) is 73.5 Å². The van der Waals surface area contributed by atoms with Crippen LogP contribution in [0.4, 0.5) is 5.69 Å². The van der Waals surface area contributed by atoms with Gasteiger partial charge in [0, 0.05) is 30.2 Å². The third-order valence-corrected chi connectivity index (χ3v) is 16.6. The van der Waals surface area contributed by atoms with Crippen molar-refractivity contribution in [2.75, 3.05) is 11.9 Å². The Morgan fingerprint density at radius 2 is 1.47 bits per heavy atom. The molecular formula is C41H48Cl2NOSiZr. The molecule has 1 aliphatic heterocycles. The fourth-order valence-corrected chi connectivity index (χ4v) is 15.8. The second-order valence-corrected chi connectivity index (χ2v) is 19.4. The summed E-state index contributed by atoms with van der Waals surface area (Å²) in [6, 6.07) is 36.8. The molecule has 0 amide bonds. The fourth-order valence-electron chi connectivity index (χ4n) is 9.35. The molecule has 2 aliphatic carbocycles. The molecule has 4 aromatic carbocycles. The summed E-state index contributed by atoms with van der Waals surface area (Å²) in [4.78, 5) is 2.58. The van der Waals surface area contributed by atoms with Crippen LogP contribution < -0.4 is 29.7 Å². The summed E-state index contributed by atoms with van der Waals surface area (Å²) < 4.78 is 7.44. The number of aryl methyl sites for hydroxylation is 1. The number of halogens is 2. The van der Waals surface area contributed by atoms with Crippen molar-refractivity contribution in [3.8, 4) is 11.1 Å². The van der Waals surface area contributed by atoms with Crippen molar-refractivity contribution < 1.29 is 55.8 Å². The van der Waals surface area contributed by atoms with Crippen LogP contribution in [0.3, 0.4) is 0 Å². The molecule has 0 fully saturated rings. The predicted octanol–water partition coefficient (Wildman–Crippen LogP) is 4.45. The molecule has 0 aromatic heterocycles. The maximum absolute atomic E-state index is 7.44. The zero-order valence-electron chi connectivity index (χ0n) is 28.9. The van der Waals surface area contributed by atoms with Gasteiger partial charge in [0.05, 0.1) is 11.3 Å². The fraction of sp³-hybridized carbons (Fsp3) is 0.415. The van der Waals surface area contributed by atoms with Crippen molar-refractivity contribution in [1.82, 2.24) is 0 Å². The van der Waals surface area contributed by atoms with E-state index < -0.39 is 8.07 Å². The Morgan fingerprint density at radius 1 is 0.851 bits per heavy atom. The third-order valence-electron chi connectivity index (χ3n) is 11.0. The molecule has 6 heteroatoms. The topological polar surface area (TPSA) is 12.5 Å². The molecule has 7 rings (SSSR count). The number of rotatable bonds is 8. The van der Waals surface area contributed by atoms with Crippen molar-refractivity contribution >= 4 is 13.8 Å². The third kappa shape index (κ3) is 6.29. The summed E-state index contributed by atoms with van der Waals surface area (Å²) in [5, 5.41) is 0. The molecule has 245 valence electrons. The Bertz CT molecular complexity index is 1660. The Morgan fingerprint density at radius 3 is 2.09 bits per heavy atom. The number of unbranched alkanes of at least 4 members (excludes halogenated alkanes) is 2. The van der Waals surface area contributed by atoms with E-state index in [1.165, 1.54) is 69.5 Å². The summed E-state index contributed by atoms with van der Waals surface area (Å²) in [6.45, 7) is 14.1. The molecule has 47 heavy (non-hydrogen) atoms. The van der Waals surface area contributed by atoms with Crippen LogP contribution >= 0.6 is 0 Å². The van der Waals surface area contributed by atoms with E-state index in [0.717, 1.165) is 6.42 Å². The molecular weight excluding hydrogens is 713 g/mol. The van der Waals surface area contributed by atoms with Crippen molar-refractivity contribution in [2.45, 2.75) is 101 Å². The van der Waals surface area contributed by atoms with Crippen LogP contribution in [0, 0.1) is 13.0 Å². The van der Waals surface area contributed by atoms with Gasteiger partial charge in [0.2, 0.25) is 0 Å². The van der Waals surface area contributed by atoms with Crippen LogP contribution in [-0.4, -0.2) is 26.4 Å². The van der Waals surface area contributed by atoms with E-state index in [4.69, 9.17) is 4.74 Å². The molecule has 1 radical (unpaired) electrons. The molecule has 4 aromatic rings. The first-order valence-electron chi connectivity index (χ1n) is 16.8. The largest absolute Gasteiger partial charge is 3.00 e. The first kappa shape index (κ1) is 38.1. The van der Waals surface area contributed by atoms with Gasteiger partial charge < -0.3 is 34.5 Å². The van der Waals surface area contributed by atoms with Crippen LogP contribution in [0.5, 0.6) is 0 Å². The summed E-state index contributed by atoms with van der Waals surface area (Å²) in [6.07, 6.45) is 4.78. The van der Waals surface area contributed by atoms with Crippen molar-refractivity contribution in [3.63, 3.8) is 0 Å². The van der Waals surface area contributed by atoms with Crippen LogP contribution in [0.2, 0.25) is 6.55 Å². The van der Waals surface area contributed by atoms with E-state index in [1.54, 1.807) is 0 Å². The second kappa shape index (κ2) is 14.7. The minimum atomic E-state index is -2.51. The Balaban J connectivity index is 0.00000167. The van der Waals surface area contributed by atoms with Gasteiger partial charge in [-0.15, -0.1) is 5.56 Å². The SMILES string of the molecule is CCCCCC(OC(C)(C)C)[Si](C)(C1c2ccccc2-c2ccccc21)C1c2[c-]cccc2C2C1c1cc(C)ccc1N2C.[Cl-].[Cl-].[Zr+3]. The average Bonchev–Trinajstić information content (AvgIpc) is 3.62. The second-order valence-electron chi connectivity index (χ2n) is 14.8. The quantitative estimate of drug-likeness (QED) is 0.150. The number of likely N-dealkylation sites (N-methyl/N-ethyl adjacent to an activating group) is 1. The molecule has 0 N–H and O–H groups in total. The van der Waals surface area contributed by atoms with Gasteiger partial charge in [-0.3, -0.25) is 0 Å². The number of nitrogens with zero attached hydrogens (tertiary/aromatic N) is 1. The summed E-state index contributed by atoms with van der Waals surface area (Å²) in [5.74, 6) is 0.386. The summed E-state index contributed by atoms with van der Waals surface area (Å²) in [5.41, 5.74) is 13.7. The number of hydrogen-bond donors (Lipinski definition) is 0. The maximum atomic E-state index is 7.44. The van der Waals surface area contributed by atoms with E-state index in [0.29, 0.717) is 23.0 Å². The number of benzene rings is 4. The van der Waals surface area contributed by atoms with Gasteiger partial charge in [-0.2, -0.15) is 29.8 Å². The van der Waals surface area contributed by atoms with Crippen LogP contribution in [0.15, 0.2) is 84.9 Å². The Hall–Kier alpha value is -1.68. The Labute approximate surface area is 316 Å². The molecule has 1 heterocycles. The normalized spacial score (nSPS) is 20.7. The van der Waals surface area contributed by atoms with E-state index in [1.807, 2.05) is 0 Å². The molecule has 0 bridgehead atoms. The van der Waals surface area contributed by atoms with Crippen molar-refractivity contribution in [1.29, 1.82) is 0 Å². The molecule has 0 saturated carbocycles. The van der Waals surface area contributed by atoms with Crippen LogP contribution in [-0.2, 0) is 30.9 Å². The van der Waals surface area contributed by atoms with Gasteiger partial charge in [0.15, 0.2) is 0 Å². The van der Waals surface area contributed by atoms with Crippen LogP contribution in [0.25, 0.3) is 11.1 Å². The maximum Gasteiger partial charge on any atom is 3.00 e. The van der Waals surface area contributed by atoms with Gasteiger partial charge >= 0.3 is 26.2 Å². The van der Waals surface area contributed by atoms with Crippen LogP contribution in [0.1, 0.15) is 110 Å². The van der Waals surface area contributed by atoms with E-state index in [-0.39, 0.29) is 62.3 Å². The summed E-state index contributed by atoms with van der Waals surface area (Å²) >= 11 is 0. The first-order valence-corrected chi connectivity index (χ1v) is 19.6. The number of anilines is 1.